The summed E-state index contributed by atoms with van der Waals surface area (Å²) in [6, 6.07) is 6.09. The molecule has 0 atom stereocenters. The largest absolute Gasteiger partial charge is 0.352 e. The molecule has 0 saturated carbocycles. The Balaban J connectivity index is 1.39. The normalized spacial score (nSPS) is 15.1. The van der Waals surface area contributed by atoms with Gasteiger partial charge >= 0.3 is 6.03 Å². The van der Waals surface area contributed by atoms with Crippen LogP contribution >= 0.6 is 27.3 Å². The molecule has 172 valence electrons. The number of aryl methyl sites for hydroxylation is 2. The first-order valence-corrected chi connectivity index (χ1v) is 11.9. The van der Waals surface area contributed by atoms with Crippen LogP contribution in [0.3, 0.4) is 0 Å². The van der Waals surface area contributed by atoms with Crippen molar-refractivity contribution in [2.45, 2.75) is 32.2 Å². The average molecular weight is 533 g/mol. The molecular formula is C22H22BrFN6O2S. The molecule has 33 heavy (non-hydrogen) atoms. The lowest BCUT2D eigenvalue weighted by atomic mass is 10.0. The van der Waals surface area contributed by atoms with Gasteiger partial charge in [0.2, 0.25) is 5.95 Å². The highest BCUT2D eigenvalue weighted by molar-refractivity contribution is 9.10. The van der Waals surface area contributed by atoms with Crippen LogP contribution < -0.4 is 10.6 Å². The molecule has 0 aliphatic carbocycles. The number of halogens is 2. The summed E-state index contributed by atoms with van der Waals surface area (Å²) >= 11 is 5.05. The van der Waals surface area contributed by atoms with Crippen LogP contribution in [0.2, 0.25) is 0 Å². The summed E-state index contributed by atoms with van der Waals surface area (Å²) in [6.07, 6.45) is 4.97. The molecule has 3 heterocycles. The Bertz CT molecular complexity index is 1180. The molecule has 11 heteroatoms. The molecule has 8 nitrogen and oxygen atoms in total. The maximum absolute atomic E-state index is 13.1. The Hall–Kier alpha value is -2.92. The quantitative estimate of drug-likeness (QED) is 0.425. The lowest BCUT2D eigenvalue weighted by molar-refractivity contribution is -0.125. The zero-order valence-electron chi connectivity index (χ0n) is 18.1. The van der Waals surface area contributed by atoms with Gasteiger partial charge in [-0.3, -0.25) is 10.1 Å². The van der Waals surface area contributed by atoms with Crippen molar-refractivity contribution >= 4 is 45.2 Å². The number of hydrogen-bond donors (Lipinski definition) is 2. The minimum absolute atomic E-state index is 0.241. The number of thiazole rings is 1. The number of nitrogens with zero attached hydrogens (tertiary/aromatic N) is 4. The van der Waals surface area contributed by atoms with E-state index in [4.69, 9.17) is 0 Å². The number of imide groups is 1. The summed E-state index contributed by atoms with van der Waals surface area (Å²) in [4.78, 5) is 39.6. The van der Waals surface area contributed by atoms with Crippen LogP contribution in [0, 0.1) is 5.82 Å². The summed E-state index contributed by atoms with van der Waals surface area (Å²) in [5, 5.41) is 6.41. The molecule has 0 bridgehead atoms. The third-order valence-electron chi connectivity index (χ3n) is 5.39. The molecule has 0 unspecified atom stereocenters. The smallest absolute Gasteiger partial charge is 0.325 e. The van der Waals surface area contributed by atoms with E-state index in [9.17, 15) is 14.0 Å². The standard InChI is InChI=1S/C22H22BrFN6O2S/c1-22(2)19(31)29-21(32)30(22)10-9-25-20-27-11-15(23)18(28-20)16-12-26-17(33-16)8-5-13-3-6-14(24)7-4-13/h3-4,6-7,11-12H,5,8-10H2,1-2H3,(H,25,27,28)(H,29,31,32). The monoisotopic (exact) mass is 532 g/mol. The molecule has 1 aromatic carbocycles. The fourth-order valence-electron chi connectivity index (χ4n) is 3.42. The molecule has 3 aromatic rings. The van der Waals surface area contributed by atoms with Gasteiger partial charge in [0.05, 0.1) is 14.4 Å². The minimum atomic E-state index is -0.891. The van der Waals surface area contributed by atoms with E-state index in [0.29, 0.717) is 24.7 Å². The predicted octanol–water partition coefficient (Wildman–Crippen LogP) is 4.03. The molecule has 4 rings (SSSR count). The Morgan fingerprint density at radius 1 is 1.15 bits per heavy atom. The van der Waals surface area contributed by atoms with Gasteiger partial charge in [-0.2, -0.15) is 0 Å². The van der Waals surface area contributed by atoms with Crippen LogP contribution in [0.15, 0.2) is 41.1 Å². The van der Waals surface area contributed by atoms with Crippen molar-refractivity contribution in [3.05, 3.63) is 57.5 Å². The molecule has 0 spiro atoms. The van der Waals surface area contributed by atoms with Crippen LogP contribution in [0.25, 0.3) is 10.6 Å². The van der Waals surface area contributed by atoms with Crippen LogP contribution in [0.5, 0.6) is 0 Å². The second-order valence-corrected chi connectivity index (χ2v) is 10.0. The van der Waals surface area contributed by atoms with Crippen LogP contribution in [0.1, 0.15) is 24.4 Å². The number of aromatic nitrogens is 3. The summed E-state index contributed by atoms with van der Waals surface area (Å²) in [5.74, 6) is -0.137. The van der Waals surface area contributed by atoms with Crippen molar-refractivity contribution in [1.29, 1.82) is 0 Å². The molecule has 0 radical (unpaired) electrons. The van der Waals surface area contributed by atoms with E-state index in [-0.39, 0.29) is 11.7 Å². The Morgan fingerprint density at radius 2 is 1.91 bits per heavy atom. The lowest BCUT2D eigenvalue weighted by Crippen LogP contribution is -2.46. The molecule has 2 aromatic heterocycles. The van der Waals surface area contributed by atoms with Gasteiger partial charge in [-0.25, -0.2) is 24.1 Å². The van der Waals surface area contributed by atoms with Crippen molar-refractivity contribution in [2.24, 2.45) is 0 Å². The molecule has 1 aliphatic rings. The fraction of sp³-hybridized carbons (Fsp3) is 0.318. The number of urea groups is 1. The van der Waals surface area contributed by atoms with Gasteiger partial charge in [-0.15, -0.1) is 11.3 Å². The number of hydrogen-bond acceptors (Lipinski definition) is 7. The van der Waals surface area contributed by atoms with E-state index >= 15 is 0 Å². The first-order chi connectivity index (χ1) is 15.7. The van der Waals surface area contributed by atoms with Crippen molar-refractivity contribution < 1.29 is 14.0 Å². The second kappa shape index (κ2) is 9.52. The molecule has 3 amide bonds. The van der Waals surface area contributed by atoms with Gasteiger partial charge in [0, 0.05) is 31.9 Å². The van der Waals surface area contributed by atoms with Gasteiger partial charge in [0.15, 0.2) is 0 Å². The highest BCUT2D eigenvalue weighted by Crippen LogP contribution is 2.31. The maximum atomic E-state index is 13.1. The number of amides is 3. The Labute approximate surface area is 202 Å². The highest BCUT2D eigenvalue weighted by Gasteiger charge is 2.45. The van der Waals surface area contributed by atoms with Crippen molar-refractivity contribution in [3.63, 3.8) is 0 Å². The van der Waals surface area contributed by atoms with E-state index in [2.05, 4.69) is 41.5 Å². The second-order valence-electron chi connectivity index (χ2n) is 8.03. The summed E-state index contributed by atoms with van der Waals surface area (Å²) in [6.45, 7) is 4.13. The minimum Gasteiger partial charge on any atom is -0.352 e. The summed E-state index contributed by atoms with van der Waals surface area (Å²) in [5.41, 5.74) is 0.879. The van der Waals surface area contributed by atoms with Crippen molar-refractivity contribution in [2.75, 3.05) is 18.4 Å². The van der Waals surface area contributed by atoms with Crippen LogP contribution in [-0.4, -0.2) is 50.4 Å². The third kappa shape index (κ3) is 5.19. The number of rotatable bonds is 8. The number of carbonyl (C=O) groups excluding carboxylic acids is 2. The SMILES string of the molecule is CC1(C)C(=O)NC(=O)N1CCNc1ncc(Br)c(-c2cnc(CCc3ccc(F)cc3)s2)n1. The summed E-state index contributed by atoms with van der Waals surface area (Å²) in [7, 11) is 0. The highest BCUT2D eigenvalue weighted by atomic mass is 79.9. The van der Waals surface area contributed by atoms with Crippen LogP contribution in [-0.2, 0) is 17.6 Å². The van der Waals surface area contributed by atoms with Gasteiger partial charge in [-0.1, -0.05) is 12.1 Å². The fourth-order valence-corrected chi connectivity index (χ4v) is 4.87. The Kier molecular flexibility index (Phi) is 6.71. The first kappa shape index (κ1) is 23.2. The molecule has 1 fully saturated rings. The maximum Gasteiger partial charge on any atom is 0.325 e. The van der Waals surface area contributed by atoms with Gasteiger partial charge in [0.1, 0.15) is 17.1 Å². The Morgan fingerprint density at radius 3 is 2.61 bits per heavy atom. The van der Waals surface area contributed by atoms with E-state index in [0.717, 1.165) is 32.8 Å². The lowest BCUT2D eigenvalue weighted by Gasteiger charge is -2.27. The molecule has 2 N–H and O–H groups in total. The van der Waals surface area contributed by atoms with E-state index in [1.165, 1.54) is 17.0 Å². The topological polar surface area (TPSA) is 100 Å². The third-order valence-corrected chi connectivity index (χ3v) is 7.03. The van der Waals surface area contributed by atoms with Gasteiger partial charge < -0.3 is 10.2 Å². The van der Waals surface area contributed by atoms with E-state index in [1.807, 2.05) is 0 Å². The average Bonchev–Trinajstić information content (AvgIpc) is 3.32. The predicted molar refractivity (Wildman–Crippen MR) is 127 cm³/mol. The number of nitrogens with one attached hydrogen (secondary N) is 2. The summed E-state index contributed by atoms with van der Waals surface area (Å²) < 4.78 is 13.8. The molecular weight excluding hydrogens is 511 g/mol. The van der Waals surface area contributed by atoms with E-state index in [1.54, 1.807) is 49.7 Å². The zero-order chi connectivity index (χ0) is 23.6. The van der Waals surface area contributed by atoms with E-state index < -0.39 is 11.6 Å². The van der Waals surface area contributed by atoms with Crippen molar-refractivity contribution in [3.8, 4) is 10.6 Å². The van der Waals surface area contributed by atoms with Crippen LogP contribution in [0.4, 0.5) is 15.1 Å². The number of carbonyl (C=O) groups is 2. The van der Waals surface area contributed by atoms with Gasteiger partial charge in [-0.05, 0) is 53.9 Å². The molecule has 1 aliphatic heterocycles. The van der Waals surface area contributed by atoms with Gasteiger partial charge in [0.25, 0.3) is 5.91 Å². The number of benzene rings is 1. The number of anilines is 1. The van der Waals surface area contributed by atoms with Crippen molar-refractivity contribution in [1.82, 2.24) is 25.2 Å². The molecule has 1 saturated heterocycles. The first-order valence-electron chi connectivity index (χ1n) is 10.3. The zero-order valence-corrected chi connectivity index (χ0v) is 20.5.